The summed E-state index contributed by atoms with van der Waals surface area (Å²) in [6.07, 6.45) is 3.97. The molecule has 1 amide bonds. The molecule has 5 heteroatoms. The van der Waals surface area contributed by atoms with Gasteiger partial charge in [-0.1, -0.05) is 13.0 Å². The first-order valence-electron chi connectivity index (χ1n) is 6.32. The molecule has 0 spiro atoms. The highest BCUT2D eigenvalue weighted by Crippen LogP contribution is 2.15. The molecule has 0 aliphatic rings. The second-order valence-electron chi connectivity index (χ2n) is 4.80. The van der Waals surface area contributed by atoms with E-state index in [1.807, 2.05) is 19.9 Å². The van der Waals surface area contributed by atoms with Crippen LogP contribution in [0.4, 0.5) is 0 Å². The summed E-state index contributed by atoms with van der Waals surface area (Å²) in [4.78, 5) is 20.8. The molecule has 0 saturated heterocycles. The number of hydrogen-bond donors (Lipinski definition) is 2. The molecule has 0 aliphatic heterocycles. The quantitative estimate of drug-likeness (QED) is 0.870. The number of benzene rings is 1. The van der Waals surface area contributed by atoms with Crippen LogP contribution in [0.1, 0.15) is 30.6 Å². The van der Waals surface area contributed by atoms with Crippen molar-refractivity contribution >= 4 is 16.9 Å². The summed E-state index contributed by atoms with van der Waals surface area (Å²) >= 11 is 0. The minimum atomic E-state index is -0.401. The Morgan fingerprint density at radius 1 is 1.37 bits per heavy atom. The first-order chi connectivity index (χ1) is 9.09. The fourth-order valence-electron chi connectivity index (χ4n) is 1.80. The Hall–Kier alpha value is -2.01. The fraction of sp³-hybridized carbons (Fsp3) is 0.357. The zero-order valence-corrected chi connectivity index (χ0v) is 11.2. The summed E-state index contributed by atoms with van der Waals surface area (Å²) in [5.74, 6) is -0.166. The number of carbonyl (C=O) groups is 1. The number of nitrogens with two attached hydrogens (primary N) is 1. The Morgan fingerprint density at radius 3 is 2.79 bits per heavy atom. The van der Waals surface area contributed by atoms with E-state index in [9.17, 15) is 4.79 Å². The Bertz CT molecular complexity index is 588. The second-order valence-corrected chi connectivity index (χ2v) is 4.80. The summed E-state index contributed by atoms with van der Waals surface area (Å²) in [7, 11) is 0. The lowest BCUT2D eigenvalue weighted by Crippen LogP contribution is -2.50. The van der Waals surface area contributed by atoms with Gasteiger partial charge in [-0.25, -0.2) is 0 Å². The van der Waals surface area contributed by atoms with Crippen molar-refractivity contribution in [2.75, 3.05) is 6.54 Å². The molecule has 1 unspecified atom stereocenters. The number of hydrogen-bond acceptors (Lipinski definition) is 4. The van der Waals surface area contributed by atoms with Crippen LogP contribution in [-0.2, 0) is 0 Å². The number of carbonyl (C=O) groups excluding carboxylic acids is 1. The zero-order valence-electron chi connectivity index (χ0n) is 11.2. The predicted octanol–water partition coefficient (Wildman–Crippen LogP) is 1.49. The molecule has 5 nitrogen and oxygen atoms in total. The van der Waals surface area contributed by atoms with E-state index < -0.39 is 5.54 Å². The van der Waals surface area contributed by atoms with Crippen LogP contribution in [0.25, 0.3) is 11.0 Å². The Labute approximate surface area is 112 Å². The minimum Gasteiger partial charge on any atom is -0.346 e. The second kappa shape index (κ2) is 5.32. The number of rotatable bonds is 4. The maximum Gasteiger partial charge on any atom is 0.254 e. The van der Waals surface area contributed by atoms with Gasteiger partial charge in [-0.2, -0.15) is 0 Å². The molecule has 1 aromatic carbocycles. The average Bonchev–Trinajstić information content (AvgIpc) is 2.46. The average molecular weight is 258 g/mol. The van der Waals surface area contributed by atoms with Crippen LogP contribution in [0.2, 0.25) is 0 Å². The zero-order chi connectivity index (χ0) is 13.9. The van der Waals surface area contributed by atoms with E-state index in [2.05, 4.69) is 15.3 Å². The molecule has 0 fully saturated rings. The molecule has 0 radical (unpaired) electrons. The SMILES string of the molecule is CCC(C)(CN)NC(=O)c1cccc2nccnc12. The lowest BCUT2D eigenvalue weighted by Gasteiger charge is -2.28. The highest BCUT2D eigenvalue weighted by molar-refractivity contribution is 6.04. The number of fused-ring (bicyclic) bond motifs is 1. The van der Waals surface area contributed by atoms with Crippen LogP contribution in [0.5, 0.6) is 0 Å². The van der Waals surface area contributed by atoms with Crippen molar-refractivity contribution < 1.29 is 4.79 Å². The number of aromatic nitrogens is 2. The number of nitrogens with zero attached hydrogens (tertiary/aromatic N) is 2. The number of amides is 1. The Kier molecular flexibility index (Phi) is 3.76. The topological polar surface area (TPSA) is 80.9 Å². The first-order valence-corrected chi connectivity index (χ1v) is 6.32. The van der Waals surface area contributed by atoms with Gasteiger partial charge in [0.1, 0.15) is 5.52 Å². The van der Waals surface area contributed by atoms with Crippen molar-refractivity contribution in [2.24, 2.45) is 5.73 Å². The van der Waals surface area contributed by atoms with Gasteiger partial charge in [-0.3, -0.25) is 14.8 Å². The standard InChI is InChI=1S/C14H18N4O/c1-3-14(2,9-15)18-13(19)10-5-4-6-11-12(10)17-8-7-16-11/h4-8H,3,9,15H2,1-2H3,(H,18,19). The molecular weight excluding hydrogens is 240 g/mol. The number of nitrogens with one attached hydrogen (secondary N) is 1. The van der Waals surface area contributed by atoms with Gasteiger partial charge in [0.25, 0.3) is 5.91 Å². The van der Waals surface area contributed by atoms with Crippen molar-refractivity contribution in [3.63, 3.8) is 0 Å². The van der Waals surface area contributed by atoms with Crippen molar-refractivity contribution in [1.29, 1.82) is 0 Å². The largest absolute Gasteiger partial charge is 0.346 e. The summed E-state index contributed by atoms with van der Waals surface area (Å²) in [5.41, 5.74) is 7.16. The van der Waals surface area contributed by atoms with E-state index in [-0.39, 0.29) is 5.91 Å². The van der Waals surface area contributed by atoms with E-state index >= 15 is 0 Å². The fourth-order valence-corrected chi connectivity index (χ4v) is 1.80. The lowest BCUT2D eigenvalue weighted by atomic mass is 9.98. The highest BCUT2D eigenvalue weighted by Gasteiger charge is 2.24. The monoisotopic (exact) mass is 258 g/mol. The van der Waals surface area contributed by atoms with Gasteiger partial charge in [-0.05, 0) is 25.5 Å². The molecular formula is C14H18N4O. The van der Waals surface area contributed by atoms with Gasteiger partial charge in [0.2, 0.25) is 0 Å². The molecule has 1 atom stereocenters. The van der Waals surface area contributed by atoms with Crippen molar-refractivity contribution in [3.8, 4) is 0 Å². The van der Waals surface area contributed by atoms with E-state index in [0.717, 1.165) is 6.42 Å². The minimum absolute atomic E-state index is 0.166. The summed E-state index contributed by atoms with van der Waals surface area (Å²) in [6, 6.07) is 5.39. The van der Waals surface area contributed by atoms with Gasteiger partial charge in [0, 0.05) is 24.5 Å². The maximum atomic E-state index is 12.4. The van der Waals surface area contributed by atoms with Gasteiger partial charge >= 0.3 is 0 Å². The van der Waals surface area contributed by atoms with Gasteiger partial charge in [-0.15, -0.1) is 0 Å². The predicted molar refractivity (Wildman–Crippen MR) is 74.8 cm³/mol. The van der Waals surface area contributed by atoms with Crippen LogP contribution in [0, 0.1) is 0 Å². The van der Waals surface area contributed by atoms with Crippen LogP contribution in [-0.4, -0.2) is 28.0 Å². The normalized spacial score (nSPS) is 14.1. The first kappa shape index (κ1) is 13.4. The number of para-hydroxylation sites is 1. The maximum absolute atomic E-state index is 12.4. The third-order valence-electron chi connectivity index (χ3n) is 3.39. The van der Waals surface area contributed by atoms with E-state index in [1.165, 1.54) is 0 Å². The van der Waals surface area contributed by atoms with Gasteiger partial charge < -0.3 is 11.1 Å². The molecule has 2 aromatic rings. The van der Waals surface area contributed by atoms with Crippen LogP contribution in [0.15, 0.2) is 30.6 Å². The molecule has 0 saturated carbocycles. The third-order valence-corrected chi connectivity index (χ3v) is 3.39. The molecule has 1 heterocycles. The molecule has 1 aromatic heterocycles. The van der Waals surface area contributed by atoms with E-state index in [0.29, 0.717) is 23.1 Å². The molecule has 2 rings (SSSR count). The molecule has 19 heavy (non-hydrogen) atoms. The van der Waals surface area contributed by atoms with Crippen molar-refractivity contribution in [2.45, 2.75) is 25.8 Å². The van der Waals surface area contributed by atoms with Gasteiger partial charge in [0.15, 0.2) is 0 Å². The summed E-state index contributed by atoms with van der Waals surface area (Å²) in [6.45, 7) is 4.32. The molecule has 0 bridgehead atoms. The van der Waals surface area contributed by atoms with Crippen molar-refractivity contribution in [3.05, 3.63) is 36.2 Å². The van der Waals surface area contributed by atoms with Crippen molar-refractivity contribution in [1.82, 2.24) is 15.3 Å². The Balaban J connectivity index is 2.37. The van der Waals surface area contributed by atoms with Crippen LogP contribution in [0.3, 0.4) is 0 Å². The molecule has 100 valence electrons. The lowest BCUT2D eigenvalue weighted by molar-refractivity contribution is 0.0908. The van der Waals surface area contributed by atoms with E-state index in [4.69, 9.17) is 5.73 Å². The van der Waals surface area contributed by atoms with E-state index in [1.54, 1.807) is 24.5 Å². The third kappa shape index (κ3) is 2.71. The summed E-state index contributed by atoms with van der Waals surface area (Å²) in [5, 5.41) is 2.97. The molecule has 3 N–H and O–H groups in total. The smallest absolute Gasteiger partial charge is 0.254 e. The highest BCUT2D eigenvalue weighted by atomic mass is 16.1. The van der Waals surface area contributed by atoms with Gasteiger partial charge in [0.05, 0.1) is 11.1 Å². The Morgan fingerprint density at radius 2 is 2.11 bits per heavy atom. The van der Waals surface area contributed by atoms with Crippen LogP contribution < -0.4 is 11.1 Å². The summed E-state index contributed by atoms with van der Waals surface area (Å²) < 4.78 is 0. The molecule has 0 aliphatic carbocycles. The van der Waals surface area contributed by atoms with Crippen LogP contribution >= 0.6 is 0 Å².